The van der Waals surface area contributed by atoms with E-state index in [0.29, 0.717) is 62.7 Å². The number of ether oxygens (including phenoxy) is 2. The Bertz CT molecular complexity index is 1390. The van der Waals surface area contributed by atoms with Crippen LogP contribution in [0.4, 0.5) is 24.5 Å². The predicted molar refractivity (Wildman–Crippen MR) is 149 cm³/mol. The van der Waals surface area contributed by atoms with Crippen molar-refractivity contribution in [3.8, 4) is 23.4 Å². The number of amides is 1. The molecular weight excluding hydrogens is 553 g/mol. The number of alkyl halides is 3. The van der Waals surface area contributed by atoms with Crippen LogP contribution >= 0.6 is 0 Å². The lowest BCUT2D eigenvalue weighted by atomic mass is 9.97. The highest BCUT2D eigenvalue weighted by molar-refractivity contribution is 5.87. The fourth-order valence-electron chi connectivity index (χ4n) is 5.89. The number of piperazine rings is 1. The van der Waals surface area contributed by atoms with E-state index in [2.05, 4.69) is 27.2 Å². The molecule has 42 heavy (non-hydrogen) atoms. The first-order chi connectivity index (χ1) is 20.1. The van der Waals surface area contributed by atoms with E-state index in [9.17, 15) is 28.3 Å². The normalized spacial score (nSPS) is 19.3. The number of phenolic OH excluding ortho intramolecular Hbond substituents is 1. The van der Waals surface area contributed by atoms with Crippen LogP contribution in [0.25, 0.3) is 0 Å². The number of likely N-dealkylation sites (tertiary alicyclic amines) is 1. The third-order valence-electron chi connectivity index (χ3n) is 8.09. The first-order valence-corrected chi connectivity index (χ1v) is 13.9. The smallest absolute Gasteiger partial charge is 0.506 e. The SMILES string of the molecule is C=CC(=O)N1CCN(c2c(C#N)c(OC[C@@H]3CCCN3C)nc3c2CCN(c2cc(OC(F)(F)F)ccc2O)C3)CC1. The summed E-state index contributed by atoms with van der Waals surface area (Å²) in [5, 5.41) is 20.8. The van der Waals surface area contributed by atoms with Crippen LogP contribution < -0.4 is 19.3 Å². The summed E-state index contributed by atoms with van der Waals surface area (Å²) < 4.78 is 48.9. The highest BCUT2D eigenvalue weighted by atomic mass is 19.4. The molecule has 3 aliphatic heterocycles. The zero-order valence-corrected chi connectivity index (χ0v) is 23.4. The number of aromatic hydroxyl groups is 1. The number of anilines is 2. The molecule has 1 aromatic heterocycles. The fourth-order valence-corrected chi connectivity index (χ4v) is 5.89. The lowest BCUT2D eigenvalue weighted by Gasteiger charge is -2.39. The van der Waals surface area contributed by atoms with Gasteiger partial charge in [-0.05, 0) is 51.1 Å². The molecule has 5 rings (SSSR count). The second-order valence-corrected chi connectivity index (χ2v) is 10.7. The van der Waals surface area contributed by atoms with Gasteiger partial charge in [0.1, 0.15) is 29.7 Å². The van der Waals surface area contributed by atoms with Gasteiger partial charge in [-0.1, -0.05) is 6.58 Å². The second-order valence-electron chi connectivity index (χ2n) is 10.7. The summed E-state index contributed by atoms with van der Waals surface area (Å²) >= 11 is 0. The number of pyridine rings is 1. The van der Waals surface area contributed by atoms with Gasteiger partial charge < -0.3 is 34.2 Å². The van der Waals surface area contributed by atoms with Crippen LogP contribution in [0.1, 0.15) is 29.7 Å². The van der Waals surface area contributed by atoms with Gasteiger partial charge in [-0.25, -0.2) is 4.98 Å². The standard InChI is InChI=1S/C29H33F3N6O4/c1-3-26(40)36-11-13-37(14-12-36)27-21-8-10-38(24-15-20(6-7-25(24)39)42-29(30,31)32)17-23(21)34-28(22(27)16-33)41-18-19-5-4-9-35(19)2/h3,6-7,15,19,39H,1,4-5,8-14,17-18H2,2H3/t19-/m0/s1. The number of halogens is 3. The number of aromatic nitrogens is 1. The lowest BCUT2D eigenvalue weighted by molar-refractivity contribution is -0.274. The number of carbonyl (C=O) groups excluding carboxylic acids is 1. The number of fused-ring (bicyclic) bond motifs is 1. The summed E-state index contributed by atoms with van der Waals surface area (Å²) in [7, 11) is 2.03. The Morgan fingerprint density at radius 2 is 1.98 bits per heavy atom. The van der Waals surface area contributed by atoms with Crippen molar-refractivity contribution < 1.29 is 32.5 Å². The number of phenols is 1. The molecule has 224 valence electrons. The van der Waals surface area contributed by atoms with Crippen molar-refractivity contribution in [3.63, 3.8) is 0 Å². The first kappa shape index (κ1) is 29.3. The first-order valence-electron chi connectivity index (χ1n) is 13.9. The van der Waals surface area contributed by atoms with E-state index >= 15 is 0 Å². The quantitative estimate of drug-likeness (QED) is 0.489. The summed E-state index contributed by atoms with van der Waals surface area (Å²) in [6.07, 6.45) is -1.13. The summed E-state index contributed by atoms with van der Waals surface area (Å²) in [5.41, 5.74) is 2.67. The Morgan fingerprint density at radius 3 is 2.62 bits per heavy atom. The Labute approximate surface area is 242 Å². The van der Waals surface area contributed by atoms with E-state index in [0.717, 1.165) is 37.1 Å². The monoisotopic (exact) mass is 586 g/mol. The summed E-state index contributed by atoms with van der Waals surface area (Å²) in [6, 6.07) is 5.88. The molecule has 2 fully saturated rings. The van der Waals surface area contributed by atoms with E-state index in [1.165, 1.54) is 12.1 Å². The molecule has 1 atom stereocenters. The van der Waals surface area contributed by atoms with Gasteiger partial charge in [0.2, 0.25) is 11.8 Å². The molecule has 2 aromatic rings. The Hall–Kier alpha value is -4.18. The van der Waals surface area contributed by atoms with Crippen molar-refractivity contribution in [2.45, 2.75) is 38.2 Å². The molecule has 0 spiro atoms. The predicted octanol–water partition coefficient (Wildman–Crippen LogP) is 3.43. The van der Waals surface area contributed by atoms with Gasteiger partial charge in [-0.15, -0.1) is 13.2 Å². The molecule has 4 heterocycles. The van der Waals surface area contributed by atoms with Crippen LogP contribution in [-0.4, -0.2) is 91.1 Å². The maximum Gasteiger partial charge on any atom is 0.573 e. The molecule has 3 aliphatic rings. The average Bonchev–Trinajstić information content (AvgIpc) is 3.39. The Balaban J connectivity index is 1.49. The van der Waals surface area contributed by atoms with Crippen LogP contribution in [0.5, 0.6) is 17.4 Å². The van der Waals surface area contributed by atoms with Crippen LogP contribution in [0.3, 0.4) is 0 Å². The van der Waals surface area contributed by atoms with Crippen LogP contribution in [-0.2, 0) is 17.8 Å². The van der Waals surface area contributed by atoms with Gasteiger partial charge in [-0.3, -0.25) is 4.79 Å². The van der Waals surface area contributed by atoms with Crippen molar-refractivity contribution >= 4 is 17.3 Å². The Kier molecular flexibility index (Phi) is 8.36. The second kappa shape index (κ2) is 12.0. The topological polar surface area (TPSA) is 105 Å². The molecule has 0 aliphatic carbocycles. The number of nitriles is 1. The van der Waals surface area contributed by atoms with Crippen molar-refractivity contribution in [2.75, 3.05) is 62.7 Å². The molecule has 1 N–H and O–H groups in total. The number of likely N-dealkylation sites (N-methyl/N-ethyl adjacent to an activating group) is 1. The van der Waals surface area contributed by atoms with Crippen molar-refractivity contribution in [1.29, 1.82) is 5.26 Å². The van der Waals surface area contributed by atoms with Gasteiger partial charge >= 0.3 is 6.36 Å². The summed E-state index contributed by atoms with van der Waals surface area (Å²) in [5.74, 6) is -0.572. The van der Waals surface area contributed by atoms with Crippen LogP contribution in [0, 0.1) is 11.3 Å². The maximum atomic E-state index is 12.9. The number of rotatable bonds is 7. The third-order valence-corrected chi connectivity index (χ3v) is 8.09. The number of carbonyl (C=O) groups is 1. The van der Waals surface area contributed by atoms with Gasteiger partial charge in [0.15, 0.2) is 0 Å². The van der Waals surface area contributed by atoms with Crippen molar-refractivity contribution in [1.82, 2.24) is 14.8 Å². The zero-order chi connectivity index (χ0) is 30.0. The molecule has 10 nitrogen and oxygen atoms in total. The third kappa shape index (κ3) is 6.18. The minimum atomic E-state index is -4.87. The molecule has 0 bridgehead atoms. The molecule has 0 radical (unpaired) electrons. The average molecular weight is 587 g/mol. The number of hydrogen-bond acceptors (Lipinski definition) is 9. The molecule has 0 saturated carbocycles. The van der Waals surface area contributed by atoms with Crippen LogP contribution in [0.2, 0.25) is 0 Å². The van der Waals surface area contributed by atoms with E-state index in [1.807, 2.05) is 7.05 Å². The largest absolute Gasteiger partial charge is 0.573 e. The number of nitrogens with zero attached hydrogens (tertiary/aromatic N) is 6. The molecule has 2 saturated heterocycles. The molecule has 1 aromatic carbocycles. The highest BCUT2D eigenvalue weighted by Crippen LogP contribution is 2.40. The molecule has 0 unspecified atom stereocenters. The van der Waals surface area contributed by atoms with Gasteiger partial charge in [0.05, 0.1) is 23.6 Å². The van der Waals surface area contributed by atoms with E-state index < -0.39 is 12.1 Å². The van der Waals surface area contributed by atoms with E-state index in [-0.39, 0.29) is 35.8 Å². The maximum absolute atomic E-state index is 12.9. The number of benzene rings is 1. The van der Waals surface area contributed by atoms with Gasteiger partial charge in [0, 0.05) is 50.4 Å². The number of hydrogen-bond donors (Lipinski definition) is 1. The Morgan fingerprint density at radius 1 is 1.21 bits per heavy atom. The molecule has 1 amide bonds. The fraction of sp³-hybridized carbons (Fsp3) is 0.483. The summed E-state index contributed by atoms with van der Waals surface area (Å²) in [6.45, 7) is 7.34. The van der Waals surface area contributed by atoms with Crippen molar-refractivity contribution in [2.24, 2.45) is 0 Å². The molecule has 13 heteroatoms. The molecular formula is C29H33F3N6O4. The minimum absolute atomic E-state index is 0.149. The zero-order valence-electron chi connectivity index (χ0n) is 23.4. The van der Waals surface area contributed by atoms with Crippen molar-refractivity contribution in [3.05, 3.63) is 47.7 Å². The van der Waals surface area contributed by atoms with Crippen LogP contribution in [0.15, 0.2) is 30.9 Å². The lowest BCUT2D eigenvalue weighted by Crippen LogP contribution is -2.49. The van der Waals surface area contributed by atoms with Gasteiger partial charge in [0.25, 0.3) is 0 Å². The highest BCUT2D eigenvalue weighted by Gasteiger charge is 2.34. The minimum Gasteiger partial charge on any atom is -0.506 e. The van der Waals surface area contributed by atoms with Gasteiger partial charge in [-0.2, -0.15) is 5.26 Å². The summed E-state index contributed by atoms with van der Waals surface area (Å²) in [4.78, 5) is 24.7. The van der Waals surface area contributed by atoms with E-state index in [1.54, 1.807) is 9.80 Å². The van der Waals surface area contributed by atoms with E-state index in [4.69, 9.17) is 9.72 Å².